The normalized spacial score (nSPS) is 21.1. The van der Waals surface area contributed by atoms with Gasteiger partial charge in [-0.3, -0.25) is 24.3 Å². The maximum atomic E-state index is 11.6. The Morgan fingerprint density at radius 1 is 0.565 bits per heavy atom. The van der Waals surface area contributed by atoms with Crippen LogP contribution in [0, 0.1) is 5.41 Å². The van der Waals surface area contributed by atoms with Crippen LogP contribution in [0.2, 0.25) is 0 Å². The monoisotopic (exact) mass is 655 g/mol. The number of carbonyl (C=O) groups is 2. The van der Waals surface area contributed by atoms with E-state index in [9.17, 15) is 9.59 Å². The van der Waals surface area contributed by atoms with E-state index in [1.165, 1.54) is 39.0 Å². The lowest BCUT2D eigenvalue weighted by molar-refractivity contribution is -0.138. The molecular formula is C37H78N6O3. The summed E-state index contributed by atoms with van der Waals surface area (Å²) in [5.41, 5.74) is 0.617. The fourth-order valence-corrected chi connectivity index (χ4v) is 5.44. The summed E-state index contributed by atoms with van der Waals surface area (Å²) in [6.07, 6.45) is 2.36. The zero-order valence-electron chi connectivity index (χ0n) is 33.5. The van der Waals surface area contributed by atoms with Crippen molar-refractivity contribution in [2.45, 2.75) is 126 Å². The molecule has 0 saturated carbocycles. The van der Waals surface area contributed by atoms with Gasteiger partial charge in [0.05, 0.1) is 19.8 Å². The highest BCUT2D eigenvalue weighted by atomic mass is 16.5. The first kappa shape index (κ1) is 44.7. The number of morpholine rings is 1. The molecule has 0 aromatic rings. The second kappa shape index (κ2) is 20.3. The van der Waals surface area contributed by atoms with Gasteiger partial charge in [-0.05, 0) is 82.2 Å². The van der Waals surface area contributed by atoms with E-state index >= 15 is 0 Å². The highest BCUT2D eigenvalue weighted by molar-refractivity contribution is 5.81. The van der Waals surface area contributed by atoms with Crippen LogP contribution in [0.1, 0.15) is 110 Å². The number of rotatable bonds is 0. The molecule has 0 aliphatic carbocycles. The third kappa shape index (κ3) is 17.8. The molecule has 0 spiro atoms. The first-order valence-electron chi connectivity index (χ1n) is 18.1. The molecule has 9 heteroatoms. The Labute approximate surface area is 286 Å². The van der Waals surface area contributed by atoms with Crippen LogP contribution < -0.4 is 0 Å². The number of likely N-dealkylation sites (N-methyl/N-ethyl adjacent to an activating group) is 2. The molecule has 4 rings (SSSR count). The van der Waals surface area contributed by atoms with Crippen molar-refractivity contribution in [2.24, 2.45) is 5.41 Å². The lowest BCUT2D eigenvalue weighted by atomic mass is 9.95. The number of piperazine rings is 2. The van der Waals surface area contributed by atoms with E-state index in [0.29, 0.717) is 23.5 Å². The standard InChI is InChI=1S/C9H18N2O.C9H20N2.C9H17NO.C8H17NO.C2H6/c1-9(2,3)11-6-5-10(4)8(12)7-11;1-9(2,3)11-7-5-10(4)6-8-11;1-9(2,3)8(11)10-6-4-5-7-10;1-8(2,3)9-4-6-10-7-5-9;1-2/h5-7H2,1-4H3;5-8H2,1-4H3;4-7H2,1-3H3;4-7H2,1-3H3;1-2H3. The summed E-state index contributed by atoms with van der Waals surface area (Å²) in [5, 5.41) is 0. The Hall–Kier alpha value is -1.26. The summed E-state index contributed by atoms with van der Waals surface area (Å²) in [5.74, 6) is 0.533. The molecular weight excluding hydrogens is 576 g/mol. The Morgan fingerprint density at radius 2 is 0.957 bits per heavy atom. The predicted octanol–water partition coefficient (Wildman–Crippen LogP) is 5.39. The van der Waals surface area contributed by atoms with Gasteiger partial charge in [0.25, 0.3) is 0 Å². The summed E-state index contributed by atoms with van der Waals surface area (Å²) >= 11 is 0. The van der Waals surface area contributed by atoms with Crippen LogP contribution in [0.5, 0.6) is 0 Å². The van der Waals surface area contributed by atoms with Gasteiger partial charge in [-0.2, -0.15) is 0 Å². The van der Waals surface area contributed by atoms with Gasteiger partial charge in [-0.25, -0.2) is 0 Å². The van der Waals surface area contributed by atoms with Crippen LogP contribution in [-0.2, 0) is 14.3 Å². The summed E-state index contributed by atoms with van der Waals surface area (Å²) in [4.78, 5) is 36.3. The average Bonchev–Trinajstić information content (AvgIpc) is 3.50. The van der Waals surface area contributed by atoms with E-state index in [1.807, 2.05) is 46.6 Å². The molecule has 46 heavy (non-hydrogen) atoms. The molecule has 0 aromatic carbocycles. The number of carbonyl (C=O) groups excluding carboxylic acids is 2. The van der Waals surface area contributed by atoms with E-state index in [1.54, 1.807) is 4.90 Å². The SMILES string of the molecule is CC.CC(C)(C)C(=O)N1CCCC1.CC(C)(C)N1CCOCC1.CN1CCN(C(C)(C)C)CC1.CN1CCN(C(C)(C)C)CC1=O. The second-order valence-electron chi connectivity index (χ2n) is 16.9. The van der Waals surface area contributed by atoms with Crippen LogP contribution in [0.25, 0.3) is 0 Å². The first-order valence-corrected chi connectivity index (χ1v) is 18.1. The molecule has 4 aliphatic heterocycles. The largest absolute Gasteiger partial charge is 0.379 e. The smallest absolute Gasteiger partial charge is 0.236 e. The minimum absolute atomic E-state index is 0.122. The molecule has 4 heterocycles. The zero-order valence-corrected chi connectivity index (χ0v) is 33.5. The molecule has 0 bridgehead atoms. The highest BCUT2D eigenvalue weighted by Gasteiger charge is 2.30. The number of amides is 2. The van der Waals surface area contributed by atoms with Crippen molar-refractivity contribution in [1.29, 1.82) is 0 Å². The predicted molar refractivity (Wildman–Crippen MR) is 197 cm³/mol. The van der Waals surface area contributed by atoms with E-state index in [2.05, 4.69) is 89.0 Å². The van der Waals surface area contributed by atoms with E-state index in [4.69, 9.17) is 4.74 Å². The van der Waals surface area contributed by atoms with Gasteiger partial charge in [0.1, 0.15) is 0 Å². The van der Waals surface area contributed by atoms with Gasteiger partial charge in [0, 0.05) is 94.5 Å². The molecule has 0 aromatic heterocycles. The first-order chi connectivity index (χ1) is 21.0. The van der Waals surface area contributed by atoms with Crippen LogP contribution in [0.15, 0.2) is 0 Å². The molecule has 4 saturated heterocycles. The maximum absolute atomic E-state index is 11.6. The van der Waals surface area contributed by atoms with Crippen molar-refractivity contribution in [3.63, 3.8) is 0 Å². The van der Waals surface area contributed by atoms with E-state index < -0.39 is 0 Å². The molecule has 274 valence electrons. The maximum Gasteiger partial charge on any atom is 0.236 e. The van der Waals surface area contributed by atoms with Gasteiger partial charge in [0.15, 0.2) is 0 Å². The minimum Gasteiger partial charge on any atom is -0.379 e. The molecule has 9 nitrogen and oxygen atoms in total. The number of ether oxygens (including phenoxy) is 1. The Balaban J connectivity index is 0.000000577. The number of hydrogen-bond donors (Lipinski definition) is 0. The van der Waals surface area contributed by atoms with Crippen molar-refractivity contribution >= 4 is 11.8 Å². The Morgan fingerprint density at radius 3 is 1.30 bits per heavy atom. The Kier molecular flexibility index (Phi) is 19.7. The quantitative estimate of drug-likeness (QED) is 0.347. The van der Waals surface area contributed by atoms with Crippen molar-refractivity contribution in [2.75, 3.05) is 99.3 Å². The molecule has 4 aliphatic rings. The lowest BCUT2D eigenvalue weighted by Gasteiger charge is -2.41. The molecule has 0 atom stereocenters. The van der Waals surface area contributed by atoms with Gasteiger partial charge in [-0.15, -0.1) is 0 Å². The van der Waals surface area contributed by atoms with E-state index in [0.717, 1.165) is 52.5 Å². The summed E-state index contributed by atoms with van der Waals surface area (Å²) in [6.45, 7) is 43.2. The highest BCUT2D eigenvalue weighted by Crippen LogP contribution is 2.21. The van der Waals surface area contributed by atoms with Crippen LogP contribution in [0.3, 0.4) is 0 Å². The average molecular weight is 655 g/mol. The number of likely N-dealkylation sites (tertiary alicyclic amines) is 1. The second-order valence-corrected chi connectivity index (χ2v) is 16.9. The fraction of sp³-hybridized carbons (Fsp3) is 0.946. The van der Waals surface area contributed by atoms with Gasteiger partial charge >= 0.3 is 0 Å². The third-order valence-corrected chi connectivity index (χ3v) is 8.85. The lowest BCUT2D eigenvalue weighted by Crippen LogP contribution is -2.55. The van der Waals surface area contributed by atoms with Crippen LogP contribution in [-0.4, -0.2) is 157 Å². The van der Waals surface area contributed by atoms with Gasteiger partial charge in [-0.1, -0.05) is 34.6 Å². The topological polar surface area (TPSA) is 62.8 Å². The van der Waals surface area contributed by atoms with Crippen molar-refractivity contribution in [3.8, 4) is 0 Å². The summed E-state index contributed by atoms with van der Waals surface area (Å²) in [6, 6.07) is 0. The van der Waals surface area contributed by atoms with Crippen LogP contribution in [0.4, 0.5) is 0 Å². The van der Waals surface area contributed by atoms with Crippen molar-refractivity contribution < 1.29 is 14.3 Å². The molecule has 2 amide bonds. The third-order valence-electron chi connectivity index (χ3n) is 8.85. The minimum atomic E-state index is -0.190. The molecule has 0 N–H and O–H groups in total. The summed E-state index contributed by atoms with van der Waals surface area (Å²) < 4.78 is 5.25. The molecule has 0 radical (unpaired) electrons. The van der Waals surface area contributed by atoms with E-state index in [-0.39, 0.29) is 16.9 Å². The zero-order chi connectivity index (χ0) is 35.9. The molecule has 0 unspecified atom stereocenters. The Bertz CT molecular complexity index is 833. The number of nitrogens with zero attached hydrogens (tertiary/aromatic N) is 6. The van der Waals surface area contributed by atoms with Gasteiger partial charge < -0.3 is 19.4 Å². The van der Waals surface area contributed by atoms with Crippen molar-refractivity contribution in [1.82, 2.24) is 29.4 Å². The summed E-state index contributed by atoms with van der Waals surface area (Å²) in [7, 11) is 4.06. The van der Waals surface area contributed by atoms with Gasteiger partial charge in [0.2, 0.25) is 11.8 Å². The molecule has 4 fully saturated rings. The van der Waals surface area contributed by atoms with Crippen molar-refractivity contribution in [3.05, 3.63) is 0 Å². The van der Waals surface area contributed by atoms with Crippen LogP contribution >= 0.6 is 0 Å². The number of hydrogen-bond acceptors (Lipinski definition) is 7. The fourth-order valence-electron chi connectivity index (χ4n) is 5.44.